The molecule has 1 heterocycles. The fraction of sp³-hybridized carbons (Fsp3) is 0.318. The normalized spacial score (nSPS) is 11.6. The van der Waals surface area contributed by atoms with Crippen molar-refractivity contribution in [3.8, 4) is 5.75 Å². The first-order valence-electron chi connectivity index (χ1n) is 9.86. The van der Waals surface area contributed by atoms with Crippen LogP contribution in [-0.4, -0.2) is 42.9 Å². The van der Waals surface area contributed by atoms with Crippen molar-refractivity contribution >= 4 is 45.0 Å². The van der Waals surface area contributed by atoms with Gasteiger partial charge in [-0.25, -0.2) is 4.79 Å². The maximum absolute atomic E-state index is 12.4. The lowest BCUT2D eigenvalue weighted by Crippen LogP contribution is -2.21. The Hall–Kier alpha value is -2.68. The minimum atomic E-state index is -0.419. The van der Waals surface area contributed by atoms with Gasteiger partial charge in [-0.3, -0.25) is 4.79 Å². The van der Waals surface area contributed by atoms with Gasteiger partial charge in [-0.15, -0.1) is 0 Å². The highest BCUT2D eigenvalue weighted by Crippen LogP contribution is 2.20. The fourth-order valence-corrected chi connectivity index (χ4v) is 4.07. The second kappa shape index (κ2) is 11.1. The van der Waals surface area contributed by atoms with Gasteiger partial charge >= 0.3 is 5.97 Å². The van der Waals surface area contributed by atoms with Crippen molar-refractivity contribution in [2.24, 2.45) is 4.99 Å². The molecule has 3 rings (SSSR count). The van der Waals surface area contributed by atoms with E-state index in [9.17, 15) is 9.59 Å². The van der Waals surface area contributed by atoms with Gasteiger partial charge in [0.25, 0.3) is 5.91 Å². The van der Waals surface area contributed by atoms with Crippen LogP contribution in [-0.2, 0) is 20.8 Å². The largest absolute Gasteiger partial charge is 0.484 e. The van der Waals surface area contributed by atoms with Crippen LogP contribution >= 0.6 is 22.9 Å². The third kappa shape index (κ3) is 6.16. The van der Waals surface area contributed by atoms with Crippen LogP contribution in [0.5, 0.6) is 5.75 Å². The Balaban J connectivity index is 1.88. The molecule has 1 aromatic heterocycles. The van der Waals surface area contributed by atoms with E-state index in [1.807, 2.05) is 17.6 Å². The predicted octanol–water partition coefficient (Wildman–Crippen LogP) is 4.08. The molecule has 1 amide bonds. The van der Waals surface area contributed by atoms with E-state index < -0.39 is 5.91 Å². The zero-order valence-corrected chi connectivity index (χ0v) is 18.9. The highest BCUT2D eigenvalue weighted by Gasteiger charge is 2.13. The molecule has 31 heavy (non-hydrogen) atoms. The third-order valence-corrected chi connectivity index (χ3v) is 5.55. The van der Waals surface area contributed by atoms with Gasteiger partial charge < -0.3 is 18.8 Å². The maximum atomic E-state index is 12.4. The van der Waals surface area contributed by atoms with Crippen LogP contribution in [0.25, 0.3) is 10.2 Å². The molecule has 0 bridgehead atoms. The van der Waals surface area contributed by atoms with E-state index >= 15 is 0 Å². The molecule has 0 saturated carbocycles. The Morgan fingerprint density at radius 1 is 1.10 bits per heavy atom. The van der Waals surface area contributed by atoms with Crippen LogP contribution in [0, 0.1) is 0 Å². The number of esters is 1. The molecule has 0 fully saturated rings. The lowest BCUT2D eigenvalue weighted by atomic mass is 10.2. The van der Waals surface area contributed by atoms with Gasteiger partial charge in [-0.1, -0.05) is 22.9 Å². The van der Waals surface area contributed by atoms with Crippen molar-refractivity contribution < 1.29 is 23.8 Å². The van der Waals surface area contributed by atoms with Crippen molar-refractivity contribution in [3.05, 3.63) is 57.9 Å². The molecule has 0 radical (unpaired) electrons. The topological polar surface area (TPSA) is 79.1 Å². The van der Waals surface area contributed by atoms with Gasteiger partial charge in [0, 0.05) is 18.2 Å². The van der Waals surface area contributed by atoms with Gasteiger partial charge in [0.15, 0.2) is 11.4 Å². The standard InChI is InChI=1S/C22H23ClN2O5S/c1-3-28-12-11-25-18-10-5-15(21(27)29-4-2)13-19(18)31-22(25)24-20(26)14-30-17-8-6-16(23)7-9-17/h5-10,13H,3-4,11-12,14H2,1-2H3. The number of fused-ring (bicyclic) bond motifs is 1. The van der Waals surface area contributed by atoms with E-state index in [1.54, 1.807) is 43.3 Å². The van der Waals surface area contributed by atoms with Crippen LogP contribution in [0.15, 0.2) is 47.5 Å². The molecule has 9 heteroatoms. The molecule has 0 atom stereocenters. The number of thiazole rings is 1. The Morgan fingerprint density at radius 3 is 2.58 bits per heavy atom. The number of aromatic nitrogens is 1. The number of hydrogen-bond acceptors (Lipinski definition) is 6. The van der Waals surface area contributed by atoms with Crippen molar-refractivity contribution in [1.82, 2.24) is 4.57 Å². The summed E-state index contributed by atoms with van der Waals surface area (Å²) >= 11 is 7.18. The van der Waals surface area contributed by atoms with Crippen molar-refractivity contribution in [3.63, 3.8) is 0 Å². The summed E-state index contributed by atoms with van der Waals surface area (Å²) in [6.45, 7) is 5.38. The monoisotopic (exact) mass is 462 g/mol. The zero-order valence-electron chi connectivity index (χ0n) is 17.3. The predicted molar refractivity (Wildman–Crippen MR) is 120 cm³/mol. The average Bonchev–Trinajstić information content (AvgIpc) is 3.10. The number of rotatable bonds is 9. The van der Waals surface area contributed by atoms with Crippen LogP contribution < -0.4 is 9.54 Å². The SMILES string of the molecule is CCOCCn1c(=NC(=O)COc2ccc(Cl)cc2)sc2cc(C(=O)OCC)ccc21. The van der Waals surface area contributed by atoms with E-state index in [0.717, 1.165) is 10.2 Å². The van der Waals surface area contributed by atoms with Crippen LogP contribution in [0.3, 0.4) is 0 Å². The molecule has 164 valence electrons. The maximum Gasteiger partial charge on any atom is 0.338 e. The summed E-state index contributed by atoms with van der Waals surface area (Å²) in [5.74, 6) is -0.269. The molecule has 0 spiro atoms. The second-order valence-corrected chi connectivity index (χ2v) is 7.83. The summed E-state index contributed by atoms with van der Waals surface area (Å²) in [7, 11) is 0. The molecular weight excluding hydrogens is 440 g/mol. The minimum Gasteiger partial charge on any atom is -0.484 e. The van der Waals surface area contributed by atoms with Crippen molar-refractivity contribution in [2.45, 2.75) is 20.4 Å². The second-order valence-electron chi connectivity index (χ2n) is 6.38. The molecule has 0 aliphatic carbocycles. The lowest BCUT2D eigenvalue weighted by molar-refractivity contribution is -0.120. The van der Waals surface area contributed by atoms with Gasteiger partial charge in [0.05, 0.1) is 29.0 Å². The average molecular weight is 463 g/mol. The summed E-state index contributed by atoms with van der Waals surface area (Å²) in [5.41, 5.74) is 1.32. The van der Waals surface area contributed by atoms with Gasteiger partial charge in [-0.2, -0.15) is 4.99 Å². The molecule has 0 N–H and O–H groups in total. The molecule has 3 aromatic rings. The quantitative estimate of drug-likeness (QED) is 0.353. The number of nitrogens with zero attached hydrogens (tertiary/aromatic N) is 2. The van der Waals surface area contributed by atoms with Crippen LogP contribution in [0.2, 0.25) is 5.02 Å². The van der Waals surface area contributed by atoms with Crippen molar-refractivity contribution in [1.29, 1.82) is 0 Å². The minimum absolute atomic E-state index is 0.199. The molecule has 0 aliphatic rings. The highest BCUT2D eigenvalue weighted by atomic mass is 35.5. The van der Waals surface area contributed by atoms with E-state index in [1.165, 1.54) is 11.3 Å². The number of halogens is 1. The number of benzene rings is 2. The molecular formula is C22H23ClN2O5S. The van der Waals surface area contributed by atoms with Crippen molar-refractivity contribution in [2.75, 3.05) is 26.4 Å². The number of amides is 1. The van der Waals surface area contributed by atoms with E-state index in [0.29, 0.717) is 47.5 Å². The number of carbonyl (C=O) groups is 2. The summed E-state index contributed by atoms with van der Waals surface area (Å²) < 4.78 is 18.8. The van der Waals surface area contributed by atoms with E-state index in [4.69, 9.17) is 25.8 Å². The summed E-state index contributed by atoms with van der Waals surface area (Å²) in [4.78, 5) is 29.3. The van der Waals surface area contributed by atoms with E-state index in [-0.39, 0.29) is 12.6 Å². The Labute approximate surface area is 188 Å². The van der Waals surface area contributed by atoms with Crippen LogP contribution in [0.1, 0.15) is 24.2 Å². The number of carbonyl (C=O) groups excluding carboxylic acids is 2. The summed E-state index contributed by atoms with van der Waals surface area (Å²) in [6.07, 6.45) is 0. The Kier molecular flexibility index (Phi) is 8.22. The lowest BCUT2D eigenvalue weighted by Gasteiger charge is -2.06. The molecule has 0 aliphatic heterocycles. The first-order valence-corrected chi connectivity index (χ1v) is 11.1. The Bertz CT molecular complexity index is 1120. The van der Waals surface area contributed by atoms with Gasteiger partial charge in [-0.05, 0) is 56.3 Å². The zero-order chi connectivity index (χ0) is 22.2. The summed E-state index contributed by atoms with van der Waals surface area (Å²) in [6, 6.07) is 12.0. The molecule has 0 saturated heterocycles. The smallest absolute Gasteiger partial charge is 0.338 e. The summed E-state index contributed by atoms with van der Waals surface area (Å²) in [5, 5.41) is 0.589. The highest BCUT2D eigenvalue weighted by molar-refractivity contribution is 7.16. The van der Waals surface area contributed by atoms with E-state index in [2.05, 4.69) is 4.99 Å². The fourth-order valence-electron chi connectivity index (χ4n) is 2.83. The molecule has 0 unspecified atom stereocenters. The van der Waals surface area contributed by atoms with Gasteiger partial charge in [0.1, 0.15) is 5.75 Å². The number of hydrogen-bond donors (Lipinski definition) is 0. The molecule has 2 aromatic carbocycles. The first-order chi connectivity index (χ1) is 15.0. The molecule has 7 nitrogen and oxygen atoms in total. The van der Waals surface area contributed by atoms with Gasteiger partial charge in [0.2, 0.25) is 0 Å². The van der Waals surface area contributed by atoms with Crippen LogP contribution in [0.4, 0.5) is 0 Å². The Morgan fingerprint density at radius 2 is 1.87 bits per heavy atom. The first kappa shape index (κ1) is 23.0. The third-order valence-electron chi connectivity index (χ3n) is 4.25. The number of ether oxygens (including phenoxy) is 3.